The second kappa shape index (κ2) is 7.11. The van der Waals surface area contributed by atoms with Crippen molar-refractivity contribution in [1.82, 2.24) is 10.2 Å². The standard InChI is InChI=1S/C14H21N3O2/c15-13-3-1-2-12(10-13)11-14(18)16-4-5-17-6-8-19-9-7-17/h1-3,10H,4-9,11,15H2,(H,16,18). The summed E-state index contributed by atoms with van der Waals surface area (Å²) in [6, 6.07) is 7.44. The lowest BCUT2D eigenvalue weighted by molar-refractivity contribution is -0.120. The first kappa shape index (κ1) is 13.8. The summed E-state index contributed by atoms with van der Waals surface area (Å²) in [4.78, 5) is 14.1. The number of anilines is 1. The summed E-state index contributed by atoms with van der Waals surface area (Å²) in [5.74, 6) is 0.0406. The van der Waals surface area contributed by atoms with Crippen LogP contribution in [0.15, 0.2) is 24.3 Å². The van der Waals surface area contributed by atoms with Gasteiger partial charge in [-0.2, -0.15) is 0 Å². The van der Waals surface area contributed by atoms with E-state index in [2.05, 4.69) is 10.2 Å². The number of carbonyl (C=O) groups is 1. The van der Waals surface area contributed by atoms with Gasteiger partial charge in [0.25, 0.3) is 0 Å². The minimum absolute atomic E-state index is 0.0406. The van der Waals surface area contributed by atoms with Crippen LogP contribution < -0.4 is 11.1 Å². The molecule has 1 aliphatic heterocycles. The smallest absolute Gasteiger partial charge is 0.224 e. The Labute approximate surface area is 113 Å². The molecule has 0 radical (unpaired) electrons. The minimum atomic E-state index is 0.0406. The molecule has 0 atom stereocenters. The fourth-order valence-corrected chi connectivity index (χ4v) is 2.13. The zero-order chi connectivity index (χ0) is 13.5. The van der Waals surface area contributed by atoms with Crippen molar-refractivity contribution in [3.05, 3.63) is 29.8 Å². The highest BCUT2D eigenvalue weighted by atomic mass is 16.5. The number of nitrogens with two attached hydrogens (primary N) is 1. The molecular formula is C14H21N3O2. The zero-order valence-electron chi connectivity index (χ0n) is 11.1. The summed E-state index contributed by atoms with van der Waals surface area (Å²) >= 11 is 0. The number of morpholine rings is 1. The quantitative estimate of drug-likeness (QED) is 0.748. The third-order valence-electron chi connectivity index (χ3n) is 3.17. The Balaban J connectivity index is 1.67. The van der Waals surface area contributed by atoms with Gasteiger partial charge in [-0.05, 0) is 17.7 Å². The maximum absolute atomic E-state index is 11.8. The van der Waals surface area contributed by atoms with Crippen LogP contribution in [0.2, 0.25) is 0 Å². The highest BCUT2D eigenvalue weighted by Crippen LogP contribution is 2.06. The molecular weight excluding hydrogens is 242 g/mol. The molecule has 1 aromatic rings. The lowest BCUT2D eigenvalue weighted by atomic mass is 10.1. The third kappa shape index (κ3) is 4.89. The lowest BCUT2D eigenvalue weighted by Crippen LogP contribution is -2.41. The zero-order valence-corrected chi connectivity index (χ0v) is 11.1. The summed E-state index contributed by atoms with van der Waals surface area (Å²) in [6.07, 6.45) is 0.383. The summed E-state index contributed by atoms with van der Waals surface area (Å²) in [5, 5.41) is 2.94. The molecule has 104 valence electrons. The Morgan fingerprint density at radius 1 is 1.37 bits per heavy atom. The Bertz CT molecular complexity index is 417. The van der Waals surface area contributed by atoms with Gasteiger partial charge in [-0.15, -0.1) is 0 Å². The molecule has 1 heterocycles. The summed E-state index contributed by atoms with van der Waals surface area (Å²) in [7, 11) is 0. The molecule has 2 rings (SSSR count). The normalized spacial score (nSPS) is 16.2. The van der Waals surface area contributed by atoms with Gasteiger partial charge in [0.1, 0.15) is 0 Å². The number of nitrogens with one attached hydrogen (secondary N) is 1. The first-order valence-electron chi connectivity index (χ1n) is 6.65. The van der Waals surface area contributed by atoms with E-state index in [0.29, 0.717) is 18.7 Å². The number of carbonyl (C=O) groups excluding carboxylic acids is 1. The molecule has 1 aliphatic rings. The Morgan fingerprint density at radius 3 is 2.89 bits per heavy atom. The third-order valence-corrected chi connectivity index (χ3v) is 3.17. The molecule has 1 saturated heterocycles. The van der Waals surface area contributed by atoms with E-state index < -0.39 is 0 Å². The molecule has 19 heavy (non-hydrogen) atoms. The first-order chi connectivity index (χ1) is 9.24. The molecule has 0 aromatic heterocycles. The number of hydrogen-bond acceptors (Lipinski definition) is 4. The highest BCUT2D eigenvalue weighted by molar-refractivity contribution is 5.78. The van der Waals surface area contributed by atoms with Crippen molar-refractivity contribution in [1.29, 1.82) is 0 Å². The van der Waals surface area contributed by atoms with Crippen molar-refractivity contribution in [3.8, 4) is 0 Å². The molecule has 0 aliphatic carbocycles. The number of nitrogen functional groups attached to an aromatic ring is 1. The number of hydrogen-bond donors (Lipinski definition) is 2. The lowest BCUT2D eigenvalue weighted by Gasteiger charge is -2.26. The number of ether oxygens (including phenoxy) is 1. The largest absolute Gasteiger partial charge is 0.399 e. The number of amides is 1. The topological polar surface area (TPSA) is 67.6 Å². The van der Waals surface area contributed by atoms with E-state index in [1.165, 1.54) is 0 Å². The van der Waals surface area contributed by atoms with Crippen LogP contribution in [-0.4, -0.2) is 50.2 Å². The van der Waals surface area contributed by atoms with Crippen molar-refractivity contribution >= 4 is 11.6 Å². The minimum Gasteiger partial charge on any atom is -0.399 e. The van der Waals surface area contributed by atoms with Crippen LogP contribution in [0.1, 0.15) is 5.56 Å². The maximum Gasteiger partial charge on any atom is 0.224 e. The van der Waals surface area contributed by atoms with E-state index in [-0.39, 0.29) is 5.91 Å². The van der Waals surface area contributed by atoms with Crippen LogP contribution in [0.25, 0.3) is 0 Å². The summed E-state index contributed by atoms with van der Waals surface area (Å²) in [6.45, 7) is 5.04. The average Bonchev–Trinajstić information content (AvgIpc) is 2.40. The van der Waals surface area contributed by atoms with Gasteiger partial charge in [-0.25, -0.2) is 0 Å². The molecule has 0 unspecified atom stereocenters. The molecule has 5 heteroatoms. The van der Waals surface area contributed by atoms with E-state index in [0.717, 1.165) is 38.4 Å². The van der Waals surface area contributed by atoms with Gasteiger partial charge in [-0.1, -0.05) is 12.1 Å². The predicted molar refractivity (Wildman–Crippen MR) is 74.8 cm³/mol. The number of nitrogens with zero attached hydrogens (tertiary/aromatic N) is 1. The molecule has 0 spiro atoms. The van der Waals surface area contributed by atoms with Crippen LogP contribution in [0, 0.1) is 0 Å². The van der Waals surface area contributed by atoms with Crippen molar-refractivity contribution in [2.24, 2.45) is 0 Å². The second-order valence-corrected chi connectivity index (χ2v) is 4.73. The SMILES string of the molecule is Nc1cccc(CC(=O)NCCN2CCOCC2)c1. The van der Waals surface area contributed by atoms with Crippen molar-refractivity contribution < 1.29 is 9.53 Å². The van der Waals surface area contributed by atoms with E-state index in [1.54, 1.807) is 0 Å². The van der Waals surface area contributed by atoms with E-state index in [1.807, 2.05) is 24.3 Å². The predicted octanol–water partition coefficient (Wildman–Crippen LogP) is 0.260. The summed E-state index contributed by atoms with van der Waals surface area (Å²) in [5.41, 5.74) is 7.32. The molecule has 0 bridgehead atoms. The van der Waals surface area contributed by atoms with Crippen molar-refractivity contribution in [3.63, 3.8) is 0 Å². The average molecular weight is 263 g/mol. The Kier molecular flexibility index (Phi) is 5.18. The van der Waals surface area contributed by atoms with Gasteiger partial charge in [0.05, 0.1) is 19.6 Å². The number of benzene rings is 1. The van der Waals surface area contributed by atoms with E-state index >= 15 is 0 Å². The van der Waals surface area contributed by atoms with Gasteiger partial charge >= 0.3 is 0 Å². The molecule has 0 saturated carbocycles. The van der Waals surface area contributed by atoms with Gasteiger partial charge in [0, 0.05) is 31.9 Å². The summed E-state index contributed by atoms with van der Waals surface area (Å²) < 4.78 is 5.28. The van der Waals surface area contributed by atoms with Crippen molar-refractivity contribution in [2.45, 2.75) is 6.42 Å². The fourth-order valence-electron chi connectivity index (χ4n) is 2.13. The molecule has 1 amide bonds. The van der Waals surface area contributed by atoms with E-state index in [4.69, 9.17) is 10.5 Å². The second-order valence-electron chi connectivity index (χ2n) is 4.73. The Hall–Kier alpha value is -1.59. The van der Waals surface area contributed by atoms with E-state index in [9.17, 15) is 4.79 Å². The van der Waals surface area contributed by atoms with Gasteiger partial charge < -0.3 is 15.8 Å². The number of rotatable bonds is 5. The molecule has 1 fully saturated rings. The first-order valence-corrected chi connectivity index (χ1v) is 6.65. The van der Waals surface area contributed by atoms with Crippen LogP contribution in [0.3, 0.4) is 0 Å². The van der Waals surface area contributed by atoms with Crippen LogP contribution in [0.4, 0.5) is 5.69 Å². The highest BCUT2D eigenvalue weighted by Gasteiger charge is 2.10. The maximum atomic E-state index is 11.8. The monoisotopic (exact) mass is 263 g/mol. The molecule has 1 aromatic carbocycles. The molecule has 3 N–H and O–H groups in total. The van der Waals surface area contributed by atoms with Gasteiger partial charge in [0.15, 0.2) is 0 Å². The van der Waals surface area contributed by atoms with Crippen LogP contribution in [0.5, 0.6) is 0 Å². The van der Waals surface area contributed by atoms with Gasteiger partial charge in [0.2, 0.25) is 5.91 Å². The molecule has 5 nitrogen and oxygen atoms in total. The van der Waals surface area contributed by atoms with Crippen molar-refractivity contribution in [2.75, 3.05) is 45.1 Å². The van der Waals surface area contributed by atoms with Crippen LogP contribution in [-0.2, 0) is 16.0 Å². The van der Waals surface area contributed by atoms with Crippen LogP contribution >= 0.6 is 0 Å². The van der Waals surface area contributed by atoms with Gasteiger partial charge in [-0.3, -0.25) is 9.69 Å². The fraction of sp³-hybridized carbons (Fsp3) is 0.500. The Morgan fingerprint density at radius 2 is 2.16 bits per heavy atom.